The van der Waals surface area contributed by atoms with Crippen LogP contribution in [0.15, 0.2) is 48.7 Å². The quantitative estimate of drug-likeness (QED) is 0.491. The van der Waals surface area contributed by atoms with Gasteiger partial charge in [0.25, 0.3) is 0 Å². The number of imidazole rings is 1. The number of esters is 1. The Labute approximate surface area is 169 Å². The molecule has 0 aliphatic heterocycles. The number of nitrogens with zero attached hydrogens (tertiary/aromatic N) is 2. The van der Waals surface area contributed by atoms with E-state index in [0.717, 1.165) is 5.69 Å². The van der Waals surface area contributed by atoms with Crippen molar-refractivity contribution in [2.24, 2.45) is 0 Å². The molecular weight excluding hydrogens is 382 g/mol. The van der Waals surface area contributed by atoms with Gasteiger partial charge in [-0.2, -0.15) is 0 Å². The molecule has 0 spiro atoms. The van der Waals surface area contributed by atoms with Gasteiger partial charge < -0.3 is 4.74 Å². The van der Waals surface area contributed by atoms with Crippen molar-refractivity contribution in [2.45, 2.75) is 19.3 Å². The number of hydrogen-bond acceptors (Lipinski definition) is 3. The highest BCUT2D eigenvalue weighted by Crippen LogP contribution is 2.37. The zero-order valence-corrected chi connectivity index (χ0v) is 16.7. The summed E-state index contributed by atoms with van der Waals surface area (Å²) < 4.78 is 6.78. The lowest BCUT2D eigenvalue weighted by Gasteiger charge is -2.18. The summed E-state index contributed by atoms with van der Waals surface area (Å²) in [5, 5.41) is 0.930. The maximum absolute atomic E-state index is 12.3. The van der Waals surface area contributed by atoms with Crippen molar-refractivity contribution in [3.63, 3.8) is 0 Å². The molecular formula is C20H17BCl2N2O2. The molecule has 0 fully saturated rings. The fourth-order valence-corrected chi connectivity index (χ4v) is 3.33. The van der Waals surface area contributed by atoms with Gasteiger partial charge in [-0.3, -0.25) is 9.36 Å². The topological polar surface area (TPSA) is 44.1 Å². The zero-order valence-electron chi connectivity index (χ0n) is 15.2. The van der Waals surface area contributed by atoms with E-state index in [-0.39, 0.29) is 5.97 Å². The normalized spacial score (nSPS) is 11.4. The minimum absolute atomic E-state index is 0.388. The van der Waals surface area contributed by atoms with Gasteiger partial charge in [0.1, 0.15) is 19.1 Å². The minimum atomic E-state index is -0.948. The van der Waals surface area contributed by atoms with Gasteiger partial charge in [0.2, 0.25) is 0 Å². The Morgan fingerprint density at radius 3 is 2.26 bits per heavy atom. The van der Waals surface area contributed by atoms with E-state index >= 15 is 0 Å². The van der Waals surface area contributed by atoms with Crippen LogP contribution >= 0.6 is 23.2 Å². The largest absolute Gasteiger partial charge is 0.468 e. The van der Waals surface area contributed by atoms with Crippen LogP contribution in [0.25, 0.3) is 17.1 Å². The van der Waals surface area contributed by atoms with Crippen molar-refractivity contribution < 1.29 is 9.53 Å². The summed E-state index contributed by atoms with van der Waals surface area (Å²) in [6, 6.07) is 12.6. The fraction of sp³-hybridized carbons (Fsp3) is 0.200. The van der Waals surface area contributed by atoms with E-state index in [4.69, 9.17) is 40.8 Å². The molecule has 1 aromatic heterocycles. The van der Waals surface area contributed by atoms with Crippen LogP contribution in [-0.4, -0.2) is 30.5 Å². The molecule has 0 unspecified atom stereocenters. The monoisotopic (exact) mass is 398 g/mol. The summed E-state index contributed by atoms with van der Waals surface area (Å²) >= 11 is 12.8. The van der Waals surface area contributed by atoms with Gasteiger partial charge in [0.15, 0.2) is 0 Å². The Hall–Kier alpha value is -2.24. The predicted octanol–water partition coefficient (Wildman–Crippen LogP) is 4.09. The molecule has 0 atom stereocenters. The number of benzene rings is 2. The molecule has 1 heterocycles. The highest BCUT2D eigenvalue weighted by Gasteiger charge is 2.35. The molecule has 0 bridgehead atoms. The molecule has 0 N–H and O–H groups in total. The van der Waals surface area contributed by atoms with Gasteiger partial charge in [-0.25, -0.2) is 4.98 Å². The zero-order chi connectivity index (χ0) is 19.8. The van der Waals surface area contributed by atoms with Crippen molar-refractivity contribution in [1.29, 1.82) is 0 Å². The molecule has 3 aromatic rings. The lowest BCUT2D eigenvalue weighted by molar-refractivity contribution is -0.146. The summed E-state index contributed by atoms with van der Waals surface area (Å²) in [6.45, 7) is 3.51. The van der Waals surface area contributed by atoms with E-state index in [1.165, 1.54) is 7.11 Å². The van der Waals surface area contributed by atoms with E-state index in [9.17, 15) is 4.79 Å². The van der Waals surface area contributed by atoms with Crippen LogP contribution in [0.5, 0.6) is 0 Å². The molecule has 136 valence electrons. The van der Waals surface area contributed by atoms with Gasteiger partial charge in [-0.05, 0) is 38.1 Å². The third-order valence-electron chi connectivity index (χ3n) is 4.40. The Bertz CT molecular complexity index is 977. The van der Waals surface area contributed by atoms with E-state index < -0.39 is 5.41 Å². The lowest BCUT2D eigenvalue weighted by atomic mass is 9.90. The van der Waals surface area contributed by atoms with Crippen LogP contribution in [0, 0.1) is 0 Å². The molecule has 2 aromatic carbocycles. The van der Waals surface area contributed by atoms with Crippen molar-refractivity contribution in [3.05, 3.63) is 64.4 Å². The Kier molecular flexibility index (Phi) is 5.36. The van der Waals surface area contributed by atoms with Crippen LogP contribution in [0.4, 0.5) is 0 Å². The number of methoxy groups -OCH3 is 1. The van der Waals surface area contributed by atoms with Crippen molar-refractivity contribution in [2.75, 3.05) is 7.11 Å². The molecule has 4 nitrogen and oxygen atoms in total. The first-order valence-corrected chi connectivity index (χ1v) is 9.00. The first-order valence-electron chi connectivity index (χ1n) is 8.24. The third-order valence-corrected chi connectivity index (χ3v) is 5.03. The lowest BCUT2D eigenvalue weighted by Crippen LogP contribution is -2.30. The van der Waals surface area contributed by atoms with E-state index in [2.05, 4.69) is 0 Å². The van der Waals surface area contributed by atoms with E-state index in [0.29, 0.717) is 32.6 Å². The van der Waals surface area contributed by atoms with Crippen molar-refractivity contribution in [3.8, 4) is 17.1 Å². The van der Waals surface area contributed by atoms with Crippen molar-refractivity contribution in [1.82, 2.24) is 9.55 Å². The number of rotatable bonds is 4. The highest BCUT2D eigenvalue weighted by molar-refractivity contribution is 6.39. The predicted molar refractivity (Wildman–Crippen MR) is 109 cm³/mol. The number of aromatic nitrogens is 2. The summed E-state index contributed by atoms with van der Waals surface area (Å²) in [4.78, 5) is 17.0. The second-order valence-electron chi connectivity index (χ2n) is 6.62. The number of halogens is 2. The van der Waals surface area contributed by atoms with Crippen LogP contribution in [0.1, 0.15) is 19.5 Å². The third kappa shape index (κ3) is 3.62. The number of hydrogen-bond donors (Lipinski definition) is 0. The molecule has 2 radical (unpaired) electrons. The second kappa shape index (κ2) is 7.41. The summed E-state index contributed by atoms with van der Waals surface area (Å²) in [5.74, 6) is 0.142. The molecule has 7 heteroatoms. The van der Waals surface area contributed by atoms with Crippen LogP contribution < -0.4 is 5.46 Å². The summed E-state index contributed by atoms with van der Waals surface area (Å²) in [5.41, 5.74) is 1.64. The average molecular weight is 399 g/mol. The smallest absolute Gasteiger partial charge is 0.317 e. The van der Waals surface area contributed by atoms with Gasteiger partial charge in [-0.15, -0.1) is 0 Å². The van der Waals surface area contributed by atoms with E-state index in [1.54, 1.807) is 50.4 Å². The fourth-order valence-electron chi connectivity index (χ4n) is 2.76. The SMILES string of the molecule is [B]c1ccc(-n2cc(C(C)(C)C(=O)OC)nc2-c2c(Cl)cccc2Cl)cc1. The second-order valence-corrected chi connectivity index (χ2v) is 7.44. The van der Waals surface area contributed by atoms with Crippen LogP contribution in [0.2, 0.25) is 10.0 Å². The number of ether oxygens (including phenoxy) is 1. The number of carbonyl (C=O) groups excluding carboxylic acids is 1. The Morgan fingerprint density at radius 2 is 1.70 bits per heavy atom. The Balaban J connectivity index is 2.28. The average Bonchev–Trinajstić information content (AvgIpc) is 3.07. The molecule has 27 heavy (non-hydrogen) atoms. The van der Waals surface area contributed by atoms with Gasteiger partial charge in [0, 0.05) is 11.9 Å². The van der Waals surface area contributed by atoms with Gasteiger partial charge in [-0.1, -0.05) is 46.9 Å². The standard InChI is InChI=1S/C20H17BCl2N2O2/c1-20(2,19(26)27-3)16-11-25(13-9-7-12(21)8-10-13)18(24-16)17-14(22)5-4-6-15(17)23/h4-11H,1-3H3. The first kappa shape index (κ1) is 19.5. The molecule has 3 rings (SSSR count). The molecule has 0 aliphatic carbocycles. The number of carbonyl (C=O) groups is 1. The van der Waals surface area contributed by atoms with E-state index in [1.807, 2.05) is 16.7 Å². The first-order chi connectivity index (χ1) is 12.8. The minimum Gasteiger partial charge on any atom is -0.468 e. The maximum atomic E-state index is 12.3. The van der Waals surface area contributed by atoms with Crippen molar-refractivity contribution >= 4 is 42.5 Å². The molecule has 0 saturated carbocycles. The van der Waals surface area contributed by atoms with Gasteiger partial charge in [0.05, 0.1) is 28.4 Å². The highest BCUT2D eigenvalue weighted by atomic mass is 35.5. The molecule has 0 aliphatic rings. The maximum Gasteiger partial charge on any atom is 0.317 e. The van der Waals surface area contributed by atoms with Crippen LogP contribution in [0.3, 0.4) is 0 Å². The van der Waals surface area contributed by atoms with Crippen LogP contribution in [-0.2, 0) is 14.9 Å². The van der Waals surface area contributed by atoms with Gasteiger partial charge >= 0.3 is 5.97 Å². The summed E-state index contributed by atoms with van der Waals surface area (Å²) in [6.07, 6.45) is 1.79. The molecule has 0 amide bonds. The molecule has 0 saturated heterocycles. The Morgan fingerprint density at radius 1 is 1.11 bits per heavy atom. The summed E-state index contributed by atoms with van der Waals surface area (Å²) in [7, 11) is 7.16.